The number of hydrogen-bond acceptors (Lipinski definition) is 4. The SMILES string of the molecule is Cc1cc(C(=O)Nc2ccc(N)cc2)cc([N+](=O)[O-])c1. The van der Waals surface area contributed by atoms with Crippen LogP contribution in [0, 0.1) is 17.0 Å². The lowest BCUT2D eigenvalue weighted by Crippen LogP contribution is -2.12. The number of nitrogens with zero attached hydrogens (tertiary/aromatic N) is 1. The number of benzene rings is 2. The zero-order chi connectivity index (χ0) is 14.7. The third-order valence-corrected chi connectivity index (χ3v) is 2.70. The molecule has 1 amide bonds. The molecule has 0 saturated heterocycles. The number of nitrogens with one attached hydrogen (secondary N) is 1. The van der Waals surface area contributed by atoms with Crippen LogP contribution >= 0.6 is 0 Å². The van der Waals surface area contributed by atoms with Gasteiger partial charge in [0.05, 0.1) is 4.92 Å². The van der Waals surface area contributed by atoms with E-state index in [1.54, 1.807) is 37.3 Å². The molecule has 0 saturated carbocycles. The van der Waals surface area contributed by atoms with Gasteiger partial charge in [0.15, 0.2) is 0 Å². The quantitative estimate of drug-likeness (QED) is 0.509. The molecule has 0 aliphatic carbocycles. The number of rotatable bonds is 3. The summed E-state index contributed by atoms with van der Waals surface area (Å²) in [6.07, 6.45) is 0. The zero-order valence-electron chi connectivity index (χ0n) is 10.8. The molecule has 0 fully saturated rings. The fourth-order valence-electron chi connectivity index (χ4n) is 1.77. The number of carbonyl (C=O) groups is 1. The summed E-state index contributed by atoms with van der Waals surface area (Å²) in [4.78, 5) is 22.3. The average molecular weight is 271 g/mol. The van der Waals surface area contributed by atoms with Gasteiger partial charge >= 0.3 is 0 Å². The van der Waals surface area contributed by atoms with Crippen LogP contribution in [0.3, 0.4) is 0 Å². The third-order valence-electron chi connectivity index (χ3n) is 2.70. The number of hydrogen-bond donors (Lipinski definition) is 2. The fourth-order valence-corrected chi connectivity index (χ4v) is 1.77. The van der Waals surface area contributed by atoms with E-state index in [1.807, 2.05) is 0 Å². The second kappa shape index (κ2) is 5.40. The van der Waals surface area contributed by atoms with Gasteiger partial charge in [-0.3, -0.25) is 14.9 Å². The van der Waals surface area contributed by atoms with E-state index in [0.717, 1.165) is 0 Å². The van der Waals surface area contributed by atoms with Crippen LogP contribution in [0.25, 0.3) is 0 Å². The maximum Gasteiger partial charge on any atom is 0.270 e. The molecule has 0 aromatic heterocycles. The highest BCUT2D eigenvalue weighted by atomic mass is 16.6. The predicted octanol–water partition coefficient (Wildman–Crippen LogP) is 2.74. The van der Waals surface area contributed by atoms with Crippen molar-refractivity contribution in [3.63, 3.8) is 0 Å². The summed E-state index contributed by atoms with van der Waals surface area (Å²) >= 11 is 0. The lowest BCUT2D eigenvalue weighted by molar-refractivity contribution is -0.384. The number of amides is 1. The minimum absolute atomic E-state index is 0.104. The number of nitrogen functional groups attached to an aromatic ring is 1. The number of nitrogens with two attached hydrogens (primary N) is 1. The van der Waals surface area contributed by atoms with E-state index in [0.29, 0.717) is 16.9 Å². The molecule has 2 aromatic carbocycles. The van der Waals surface area contributed by atoms with Crippen molar-refractivity contribution in [2.75, 3.05) is 11.1 Å². The molecule has 102 valence electrons. The van der Waals surface area contributed by atoms with Crippen LogP contribution in [0.4, 0.5) is 17.1 Å². The van der Waals surface area contributed by atoms with Crippen molar-refractivity contribution in [1.82, 2.24) is 0 Å². The van der Waals surface area contributed by atoms with Gasteiger partial charge in [0.1, 0.15) is 0 Å². The molecule has 0 atom stereocenters. The number of carbonyl (C=O) groups excluding carboxylic acids is 1. The third kappa shape index (κ3) is 3.11. The van der Waals surface area contributed by atoms with Crippen LogP contribution in [0.5, 0.6) is 0 Å². The minimum atomic E-state index is -0.521. The van der Waals surface area contributed by atoms with Crippen molar-refractivity contribution in [2.45, 2.75) is 6.92 Å². The molecule has 6 nitrogen and oxygen atoms in total. The van der Waals surface area contributed by atoms with Gasteiger partial charge in [-0.25, -0.2) is 0 Å². The number of anilines is 2. The molecular formula is C14H13N3O3. The van der Waals surface area contributed by atoms with Crippen molar-refractivity contribution in [1.29, 1.82) is 0 Å². The standard InChI is InChI=1S/C14H13N3O3/c1-9-6-10(8-13(7-9)17(19)20)14(18)16-12-4-2-11(15)3-5-12/h2-8H,15H2,1H3,(H,16,18). The summed E-state index contributed by atoms with van der Waals surface area (Å²) < 4.78 is 0. The van der Waals surface area contributed by atoms with Crippen LogP contribution < -0.4 is 11.1 Å². The highest BCUT2D eigenvalue weighted by molar-refractivity contribution is 6.04. The van der Waals surface area contributed by atoms with Gasteiger partial charge in [0.25, 0.3) is 11.6 Å². The summed E-state index contributed by atoms with van der Waals surface area (Å²) in [5.41, 5.74) is 7.52. The normalized spacial score (nSPS) is 10.1. The Hall–Kier alpha value is -2.89. The number of aryl methyl sites for hydroxylation is 1. The molecule has 0 bridgehead atoms. The molecule has 0 aliphatic rings. The highest BCUT2D eigenvalue weighted by Crippen LogP contribution is 2.18. The van der Waals surface area contributed by atoms with Crippen LogP contribution in [0.15, 0.2) is 42.5 Å². The van der Waals surface area contributed by atoms with Crippen molar-refractivity contribution in [3.8, 4) is 0 Å². The summed E-state index contributed by atoms with van der Waals surface area (Å²) in [6, 6.07) is 10.9. The largest absolute Gasteiger partial charge is 0.399 e. The predicted molar refractivity (Wildman–Crippen MR) is 76.6 cm³/mol. The molecular weight excluding hydrogens is 258 g/mol. The molecule has 6 heteroatoms. The van der Waals surface area contributed by atoms with Crippen LogP contribution in [-0.4, -0.2) is 10.8 Å². The smallest absolute Gasteiger partial charge is 0.270 e. The summed E-state index contributed by atoms with van der Waals surface area (Å²) in [5.74, 6) is -0.401. The summed E-state index contributed by atoms with van der Waals surface area (Å²) in [7, 11) is 0. The molecule has 2 aromatic rings. The van der Waals surface area contributed by atoms with Crippen LogP contribution in [0.1, 0.15) is 15.9 Å². The molecule has 0 radical (unpaired) electrons. The van der Waals surface area contributed by atoms with Gasteiger partial charge in [0, 0.05) is 29.1 Å². The lowest BCUT2D eigenvalue weighted by Gasteiger charge is -2.06. The zero-order valence-corrected chi connectivity index (χ0v) is 10.8. The van der Waals surface area contributed by atoms with Gasteiger partial charge in [-0.05, 0) is 42.8 Å². The first-order valence-corrected chi connectivity index (χ1v) is 5.88. The minimum Gasteiger partial charge on any atom is -0.399 e. The van der Waals surface area contributed by atoms with Crippen LogP contribution in [0.2, 0.25) is 0 Å². The molecule has 2 rings (SSSR count). The van der Waals surface area contributed by atoms with E-state index in [1.165, 1.54) is 12.1 Å². The summed E-state index contributed by atoms with van der Waals surface area (Å²) in [5, 5.41) is 13.4. The average Bonchev–Trinajstić information content (AvgIpc) is 2.40. The van der Waals surface area contributed by atoms with Gasteiger partial charge < -0.3 is 11.1 Å². The van der Waals surface area contributed by atoms with E-state index >= 15 is 0 Å². The van der Waals surface area contributed by atoms with E-state index < -0.39 is 10.8 Å². The Morgan fingerprint density at radius 1 is 1.20 bits per heavy atom. The van der Waals surface area contributed by atoms with E-state index in [4.69, 9.17) is 5.73 Å². The Labute approximate surface area is 115 Å². The Balaban J connectivity index is 2.25. The number of non-ortho nitro benzene ring substituents is 1. The summed E-state index contributed by atoms with van der Waals surface area (Å²) in [6.45, 7) is 1.70. The second-order valence-corrected chi connectivity index (χ2v) is 4.39. The second-order valence-electron chi connectivity index (χ2n) is 4.39. The van der Waals surface area contributed by atoms with Crippen molar-refractivity contribution < 1.29 is 9.72 Å². The monoisotopic (exact) mass is 271 g/mol. The van der Waals surface area contributed by atoms with Gasteiger partial charge in [-0.1, -0.05) is 0 Å². The van der Waals surface area contributed by atoms with Crippen LogP contribution in [-0.2, 0) is 0 Å². The Kier molecular flexibility index (Phi) is 3.65. The van der Waals surface area contributed by atoms with E-state index in [-0.39, 0.29) is 11.3 Å². The molecule has 0 spiro atoms. The topological polar surface area (TPSA) is 98.3 Å². The first kappa shape index (κ1) is 13.5. The number of nitro benzene ring substituents is 1. The van der Waals surface area contributed by atoms with Gasteiger partial charge in [-0.15, -0.1) is 0 Å². The Morgan fingerprint density at radius 3 is 2.45 bits per heavy atom. The highest BCUT2D eigenvalue weighted by Gasteiger charge is 2.13. The maximum atomic E-state index is 12.1. The van der Waals surface area contributed by atoms with Gasteiger partial charge in [0.2, 0.25) is 0 Å². The number of nitro groups is 1. The molecule has 20 heavy (non-hydrogen) atoms. The maximum absolute atomic E-state index is 12.1. The van der Waals surface area contributed by atoms with Crippen molar-refractivity contribution in [3.05, 3.63) is 63.7 Å². The van der Waals surface area contributed by atoms with E-state index in [2.05, 4.69) is 5.32 Å². The Bertz CT molecular complexity index is 666. The lowest BCUT2D eigenvalue weighted by atomic mass is 10.1. The fraction of sp³-hybridized carbons (Fsp3) is 0.0714. The molecule has 3 N–H and O–H groups in total. The van der Waals surface area contributed by atoms with E-state index in [9.17, 15) is 14.9 Å². The first-order chi connectivity index (χ1) is 9.45. The van der Waals surface area contributed by atoms with Gasteiger partial charge in [-0.2, -0.15) is 0 Å². The first-order valence-electron chi connectivity index (χ1n) is 5.88. The molecule has 0 heterocycles. The molecule has 0 unspecified atom stereocenters. The van der Waals surface area contributed by atoms with Crippen molar-refractivity contribution >= 4 is 23.0 Å². The van der Waals surface area contributed by atoms with Crippen molar-refractivity contribution in [2.24, 2.45) is 0 Å². The molecule has 0 aliphatic heterocycles. The Morgan fingerprint density at radius 2 is 1.85 bits per heavy atom.